The summed E-state index contributed by atoms with van der Waals surface area (Å²) in [4.78, 5) is 4.99. The molecule has 4 aromatic carbocycles. The molecule has 1 heterocycles. The van der Waals surface area contributed by atoms with Crippen LogP contribution in [0.3, 0.4) is 0 Å². The molecule has 0 N–H and O–H groups in total. The van der Waals surface area contributed by atoms with Crippen molar-refractivity contribution >= 4 is 43.4 Å². The Morgan fingerprint density at radius 3 is 1.62 bits per heavy atom. The van der Waals surface area contributed by atoms with Gasteiger partial charge in [-0.1, -0.05) is 67.6 Å². The van der Waals surface area contributed by atoms with Gasteiger partial charge in [0.05, 0.1) is 11.0 Å². The second-order valence-corrected chi connectivity index (χ2v) is 6.31. The van der Waals surface area contributed by atoms with Crippen molar-refractivity contribution in [3.63, 3.8) is 0 Å². The predicted octanol–water partition coefficient (Wildman–Crippen LogP) is 6.26. The molecular formula is C23H17N. The fourth-order valence-electron chi connectivity index (χ4n) is 3.95. The summed E-state index contributed by atoms with van der Waals surface area (Å²) in [5, 5.41) is 7.77. The minimum Gasteiger partial charge on any atom is -0.248 e. The number of hydrogen-bond donors (Lipinski definition) is 0. The topological polar surface area (TPSA) is 12.9 Å². The monoisotopic (exact) mass is 307 g/mol. The first kappa shape index (κ1) is 13.5. The quantitative estimate of drug-likeness (QED) is 0.263. The minimum absolute atomic E-state index is 0.998. The summed E-state index contributed by atoms with van der Waals surface area (Å²) < 4.78 is 0. The van der Waals surface area contributed by atoms with Crippen LogP contribution in [0.25, 0.3) is 43.4 Å². The van der Waals surface area contributed by atoms with E-state index in [1.165, 1.54) is 37.9 Å². The second-order valence-electron chi connectivity index (χ2n) is 6.31. The maximum atomic E-state index is 4.99. The number of fused-ring (bicyclic) bond motifs is 6. The maximum Gasteiger partial charge on any atom is 0.0718 e. The molecule has 0 fully saturated rings. The lowest BCUT2D eigenvalue weighted by Gasteiger charge is -2.14. The van der Waals surface area contributed by atoms with Crippen LogP contribution in [0.4, 0.5) is 0 Å². The average molecular weight is 307 g/mol. The molecule has 24 heavy (non-hydrogen) atoms. The van der Waals surface area contributed by atoms with E-state index in [1.807, 2.05) is 0 Å². The predicted molar refractivity (Wildman–Crippen MR) is 104 cm³/mol. The molecule has 114 valence electrons. The highest BCUT2D eigenvalue weighted by atomic mass is 14.7. The number of nitrogens with zero attached hydrogens (tertiary/aromatic N) is 1. The molecule has 0 aliphatic carbocycles. The molecule has 1 nitrogen and oxygen atoms in total. The highest BCUT2D eigenvalue weighted by Gasteiger charge is 2.13. The molecule has 0 amide bonds. The molecule has 0 atom stereocenters. The molecule has 0 aliphatic rings. The first-order valence-corrected chi connectivity index (χ1v) is 8.48. The second kappa shape index (κ2) is 5.04. The highest BCUT2D eigenvalue weighted by molar-refractivity contribution is 6.17. The summed E-state index contributed by atoms with van der Waals surface area (Å²) in [5.41, 5.74) is 3.59. The normalized spacial score (nSPS) is 11.7. The highest BCUT2D eigenvalue weighted by Crippen LogP contribution is 2.35. The summed E-state index contributed by atoms with van der Waals surface area (Å²) >= 11 is 0. The summed E-state index contributed by atoms with van der Waals surface area (Å²) in [6.45, 7) is 2.25. The number of benzene rings is 4. The Balaban J connectivity index is 2.12. The average Bonchev–Trinajstić information content (AvgIpc) is 2.65. The van der Waals surface area contributed by atoms with Crippen LogP contribution in [0.5, 0.6) is 0 Å². The Bertz CT molecular complexity index is 1140. The van der Waals surface area contributed by atoms with Gasteiger partial charge in [-0.3, -0.25) is 0 Å². The van der Waals surface area contributed by atoms with Gasteiger partial charge in [-0.15, -0.1) is 0 Å². The van der Waals surface area contributed by atoms with Gasteiger partial charge in [-0.25, -0.2) is 4.98 Å². The zero-order chi connectivity index (χ0) is 16.1. The van der Waals surface area contributed by atoms with Gasteiger partial charge in [-0.05, 0) is 45.7 Å². The molecule has 0 saturated carbocycles. The van der Waals surface area contributed by atoms with Gasteiger partial charge in [0, 0.05) is 10.8 Å². The fourth-order valence-corrected chi connectivity index (χ4v) is 3.95. The molecule has 0 bridgehead atoms. The van der Waals surface area contributed by atoms with E-state index in [-0.39, 0.29) is 0 Å². The zero-order valence-corrected chi connectivity index (χ0v) is 13.6. The SMILES string of the molecule is CCc1c2c(ccc3ccccc32)nc2ccc3ccccc3c12. The van der Waals surface area contributed by atoms with E-state index < -0.39 is 0 Å². The molecule has 5 rings (SSSR count). The first-order chi connectivity index (χ1) is 11.9. The van der Waals surface area contributed by atoms with Crippen LogP contribution >= 0.6 is 0 Å². The largest absolute Gasteiger partial charge is 0.248 e. The van der Waals surface area contributed by atoms with Crippen LogP contribution in [-0.4, -0.2) is 4.98 Å². The number of aromatic nitrogens is 1. The molecule has 0 aliphatic heterocycles. The zero-order valence-electron chi connectivity index (χ0n) is 13.6. The lowest BCUT2D eigenvalue weighted by molar-refractivity contribution is 1.18. The number of rotatable bonds is 1. The third-order valence-electron chi connectivity index (χ3n) is 5.01. The number of pyridine rings is 1. The molecule has 5 aromatic rings. The van der Waals surface area contributed by atoms with E-state index in [0.29, 0.717) is 0 Å². The van der Waals surface area contributed by atoms with Crippen molar-refractivity contribution in [3.05, 3.63) is 78.4 Å². The van der Waals surface area contributed by atoms with E-state index in [2.05, 4.69) is 79.7 Å². The van der Waals surface area contributed by atoms with Crippen molar-refractivity contribution in [2.45, 2.75) is 13.3 Å². The summed E-state index contributed by atoms with van der Waals surface area (Å²) in [6, 6.07) is 25.9. The fraction of sp³-hybridized carbons (Fsp3) is 0.0870. The maximum absolute atomic E-state index is 4.99. The van der Waals surface area contributed by atoms with Crippen LogP contribution < -0.4 is 0 Å². The summed E-state index contributed by atoms with van der Waals surface area (Å²) in [7, 11) is 0. The van der Waals surface area contributed by atoms with Crippen molar-refractivity contribution in [2.24, 2.45) is 0 Å². The Labute approximate surface area is 140 Å². The Morgan fingerprint density at radius 2 is 1.12 bits per heavy atom. The molecule has 1 aromatic heterocycles. The number of aryl methyl sites for hydroxylation is 1. The van der Waals surface area contributed by atoms with Gasteiger partial charge < -0.3 is 0 Å². The van der Waals surface area contributed by atoms with Crippen molar-refractivity contribution in [1.82, 2.24) is 4.98 Å². The van der Waals surface area contributed by atoms with Gasteiger partial charge in [0.1, 0.15) is 0 Å². The molecule has 0 saturated heterocycles. The van der Waals surface area contributed by atoms with E-state index in [9.17, 15) is 0 Å². The van der Waals surface area contributed by atoms with E-state index in [1.54, 1.807) is 0 Å². The Hall–Kier alpha value is -2.93. The third kappa shape index (κ3) is 1.78. The van der Waals surface area contributed by atoms with Crippen LogP contribution in [0.2, 0.25) is 0 Å². The van der Waals surface area contributed by atoms with Gasteiger partial charge in [0.15, 0.2) is 0 Å². The lowest BCUT2D eigenvalue weighted by atomic mass is 9.93. The first-order valence-electron chi connectivity index (χ1n) is 8.48. The molecule has 0 radical (unpaired) electrons. The van der Waals surface area contributed by atoms with Crippen LogP contribution in [0, 0.1) is 0 Å². The van der Waals surface area contributed by atoms with Crippen LogP contribution in [-0.2, 0) is 6.42 Å². The Kier molecular flexibility index (Phi) is 2.83. The van der Waals surface area contributed by atoms with Gasteiger partial charge in [0.25, 0.3) is 0 Å². The molecular weight excluding hydrogens is 290 g/mol. The summed E-state index contributed by atoms with van der Waals surface area (Å²) in [6.07, 6.45) is 0.998. The molecule has 0 unspecified atom stereocenters. The van der Waals surface area contributed by atoms with E-state index in [4.69, 9.17) is 4.98 Å². The van der Waals surface area contributed by atoms with Gasteiger partial charge >= 0.3 is 0 Å². The van der Waals surface area contributed by atoms with Crippen molar-refractivity contribution in [1.29, 1.82) is 0 Å². The molecule has 0 spiro atoms. The van der Waals surface area contributed by atoms with Crippen LogP contribution in [0.15, 0.2) is 72.8 Å². The van der Waals surface area contributed by atoms with Gasteiger partial charge in [-0.2, -0.15) is 0 Å². The smallest absolute Gasteiger partial charge is 0.0718 e. The van der Waals surface area contributed by atoms with E-state index >= 15 is 0 Å². The van der Waals surface area contributed by atoms with E-state index in [0.717, 1.165) is 17.5 Å². The lowest BCUT2D eigenvalue weighted by Crippen LogP contribution is -1.93. The van der Waals surface area contributed by atoms with Crippen LogP contribution in [0.1, 0.15) is 12.5 Å². The van der Waals surface area contributed by atoms with Crippen molar-refractivity contribution in [2.75, 3.05) is 0 Å². The third-order valence-corrected chi connectivity index (χ3v) is 5.01. The standard InChI is InChI=1S/C23H17N/c1-2-17-22-18-9-5-3-7-15(18)11-13-20(22)24-21-14-12-16-8-4-6-10-19(16)23(17)21/h3-14H,2H2,1H3. The number of hydrogen-bond acceptors (Lipinski definition) is 1. The Morgan fingerprint density at radius 1 is 0.625 bits per heavy atom. The van der Waals surface area contributed by atoms with Crippen molar-refractivity contribution in [3.8, 4) is 0 Å². The van der Waals surface area contributed by atoms with Crippen molar-refractivity contribution < 1.29 is 0 Å². The molecule has 1 heteroatoms. The minimum atomic E-state index is 0.998. The summed E-state index contributed by atoms with van der Waals surface area (Å²) in [5.74, 6) is 0. The van der Waals surface area contributed by atoms with Gasteiger partial charge in [0.2, 0.25) is 0 Å².